The minimum absolute atomic E-state index is 0.0527. The van der Waals surface area contributed by atoms with Crippen LogP contribution in [-0.2, 0) is 9.59 Å². The lowest BCUT2D eigenvalue weighted by Gasteiger charge is -2.16. The molecule has 15 heavy (non-hydrogen) atoms. The van der Waals surface area contributed by atoms with E-state index < -0.39 is 0 Å². The zero-order valence-electron chi connectivity index (χ0n) is 8.25. The Morgan fingerprint density at radius 3 is 1.53 bits per heavy atom. The number of carbonyl (C=O) groups excluding carboxylic acids is 2. The number of rotatable bonds is 0. The van der Waals surface area contributed by atoms with Gasteiger partial charge in [-0.2, -0.15) is 0 Å². The Morgan fingerprint density at radius 2 is 1.13 bits per heavy atom. The first-order valence-corrected chi connectivity index (χ1v) is 5.02. The van der Waals surface area contributed by atoms with Gasteiger partial charge in [0.2, 0.25) is 0 Å². The SMILES string of the molecule is O=C1CCCC(=O)C2=C(O)CCC(O)=C12. The van der Waals surface area contributed by atoms with Crippen LogP contribution in [0.2, 0.25) is 0 Å². The van der Waals surface area contributed by atoms with Gasteiger partial charge >= 0.3 is 0 Å². The fourth-order valence-electron chi connectivity index (χ4n) is 2.04. The van der Waals surface area contributed by atoms with E-state index in [1.807, 2.05) is 0 Å². The molecule has 4 heteroatoms. The highest BCUT2D eigenvalue weighted by molar-refractivity contribution is 6.14. The van der Waals surface area contributed by atoms with Crippen molar-refractivity contribution < 1.29 is 19.8 Å². The fourth-order valence-corrected chi connectivity index (χ4v) is 2.04. The lowest BCUT2D eigenvalue weighted by molar-refractivity contribution is -0.116. The van der Waals surface area contributed by atoms with Gasteiger partial charge in [-0.25, -0.2) is 0 Å². The van der Waals surface area contributed by atoms with Crippen LogP contribution in [0.25, 0.3) is 0 Å². The van der Waals surface area contributed by atoms with Crippen molar-refractivity contribution in [3.05, 3.63) is 22.7 Å². The van der Waals surface area contributed by atoms with Gasteiger partial charge in [0.15, 0.2) is 11.6 Å². The second kappa shape index (κ2) is 3.53. The van der Waals surface area contributed by atoms with Gasteiger partial charge in [0.05, 0.1) is 11.1 Å². The lowest BCUT2D eigenvalue weighted by atomic mass is 9.90. The molecule has 1 fully saturated rings. The largest absolute Gasteiger partial charge is 0.512 e. The Bertz CT molecular complexity index is 363. The highest BCUT2D eigenvalue weighted by atomic mass is 16.3. The average molecular weight is 208 g/mol. The number of ketones is 2. The summed E-state index contributed by atoms with van der Waals surface area (Å²) in [6.07, 6.45) is 1.50. The molecule has 80 valence electrons. The molecule has 0 aromatic carbocycles. The number of hydrogen-bond donors (Lipinski definition) is 2. The second-order valence-corrected chi connectivity index (χ2v) is 3.84. The van der Waals surface area contributed by atoms with E-state index >= 15 is 0 Å². The molecule has 0 aromatic rings. The molecule has 0 bridgehead atoms. The number of hydrogen-bond acceptors (Lipinski definition) is 4. The highest BCUT2D eigenvalue weighted by Crippen LogP contribution is 2.33. The standard InChI is InChI=1S/C11H12O4/c12-6-2-1-3-7(13)11-9(15)5-4-8(14)10(6)11/h14-15H,1-5H2. The summed E-state index contributed by atoms with van der Waals surface area (Å²) in [7, 11) is 0. The summed E-state index contributed by atoms with van der Waals surface area (Å²) in [6.45, 7) is 0. The van der Waals surface area contributed by atoms with Crippen molar-refractivity contribution in [1.29, 1.82) is 0 Å². The molecule has 0 amide bonds. The van der Waals surface area contributed by atoms with Crippen molar-refractivity contribution in [3.63, 3.8) is 0 Å². The summed E-state index contributed by atoms with van der Waals surface area (Å²) in [5.41, 5.74) is 0.113. The van der Waals surface area contributed by atoms with Crippen molar-refractivity contribution in [3.8, 4) is 0 Å². The first-order valence-electron chi connectivity index (χ1n) is 5.02. The van der Waals surface area contributed by atoms with Crippen LogP contribution in [0.15, 0.2) is 22.7 Å². The van der Waals surface area contributed by atoms with E-state index in [1.165, 1.54) is 0 Å². The Hall–Kier alpha value is -1.58. The molecular formula is C11H12O4. The lowest BCUT2D eigenvalue weighted by Crippen LogP contribution is -2.16. The molecule has 0 saturated heterocycles. The second-order valence-electron chi connectivity index (χ2n) is 3.84. The van der Waals surface area contributed by atoms with Crippen LogP contribution >= 0.6 is 0 Å². The number of carbonyl (C=O) groups is 2. The van der Waals surface area contributed by atoms with Gasteiger partial charge in [0, 0.05) is 25.7 Å². The van der Waals surface area contributed by atoms with E-state index in [4.69, 9.17) is 0 Å². The maximum Gasteiger partial charge on any atom is 0.167 e. The molecule has 2 aliphatic carbocycles. The minimum atomic E-state index is -0.236. The minimum Gasteiger partial charge on any atom is -0.512 e. The van der Waals surface area contributed by atoms with Crippen LogP contribution in [-0.4, -0.2) is 21.8 Å². The molecule has 0 aliphatic heterocycles. The van der Waals surface area contributed by atoms with Crippen molar-refractivity contribution in [2.45, 2.75) is 32.1 Å². The molecule has 0 aromatic heterocycles. The van der Waals surface area contributed by atoms with Crippen LogP contribution < -0.4 is 0 Å². The molecule has 0 spiro atoms. The zero-order chi connectivity index (χ0) is 11.0. The quantitative estimate of drug-likeness (QED) is 0.635. The molecular weight excluding hydrogens is 196 g/mol. The Balaban J connectivity index is 2.59. The van der Waals surface area contributed by atoms with Gasteiger partial charge in [-0.05, 0) is 6.42 Å². The third kappa shape index (κ3) is 1.56. The van der Waals surface area contributed by atoms with Crippen molar-refractivity contribution >= 4 is 11.6 Å². The van der Waals surface area contributed by atoms with E-state index in [-0.39, 0.29) is 59.9 Å². The van der Waals surface area contributed by atoms with Gasteiger partial charge in [0.25, 0.3) is 0 Å². The first-order chi connectivity index (χ1) is 7.11. The third-order valence-electron chi connectivity index (χ3n) is 2.79. The Kier molecular flexibility index (Phi) is 2.34. The molecule has 0 heterocycles. The smallest absolute Gasteiger partial charge is 0.167 e. The van der Waals surface area contributed by atoms with Crippen molar-refractivity contribution in [2.24, 2.45) is 0 Å². The maximum atomic E-state index is 11.6. The predicted octanol–water partition coefficient (Wildman–Crippen LogP) is 1.73. The summed E-state index contributed by atoms with van der Waals surface area (Å²) in [6, 6.07) is 0. The van der Waals surface area contributed by atoms with Gasteiger partial charge < -0.3 is 10.2 Å². The third-order valence-corrected chi connectivity index (χ3v) is 2.79. The topological polar surface area (TPSA) is 74.6 Å². The van der Waals surface area contributed by atoms with E-state index in [0.29, 0.717) is 6.42 Å². The number of fused-ring (bicyclic) bond motifs is 1. The Labute approximate surface area is 86.9 Å². The van der Waals surface area contributed by atoms with E-state index in [2.05, 4.69) is 0 Å². The Morgan fingerprint density at radius 1 is 0.733 bits per heavy atom. The molecule has 1 saturated carbocycles. The first kappa shape index (κ1) is 9.96. The molecule has 4 nitrogen and oxygen atoms in total. The predicted molar refractivity (Wildman–Crippen MR) is 52.4 cm³/mol. The van der Waals surface area contributed by atoms with Crippen molar-refractivity contribution in [2.75, 3.05) is 0 Å². The number of aliphatic hydroxyl groups is 2. The van der Waals surface area contributed by atoms with E-state index in [0.717, 1.165) is 0 Å². The number of Topliss-reactive ketones (excluding diaryl/α,β-unsaturated/α-hetero) is 2. The number of aliphatic hydroxyl groups excluding tert-OH is 2. The molecule has 0 atom stereocenters. The molecule has 2 N–H and O–H groups in total. The van der Waals surface area contributed by atoms with Crippen LogP contribution in [0.4, 0.5) is 0 Å². The van der Waals surface area contributed by atoms with Gasteiger partial charge in [0.1, 0.15) is 11.5 Å². The van der Waals surface area contributed by atoms with Gasteiger partial charge in [-0.1, -0.05) is 0 Å². The summed E-state index contributed by atoms with van der Waals surface area (Å²) in [5, 5.41) is 19.2. The highest BCUT2D eigenvalue weighted by Gasteiger charge is 2.32. The maximum absolute atomic E-state index is 11.6. The molecule has 0 unspecified atom stereocenters. The zero-order valence-corrected chi connectivity index (χ0v) is 8.25. The van der Waals surface area contributed by atoms with Gasteiger partial charge in [-0.15, -0.1) is 0 Å². The van der Waals surface area contributed by atoms with E-state index in [1.54, 1.807) is 0 Å². The molecule has 2 aliphatic rings. The molecule has 0 radical (unpaired) electrons. The average Bonchev–Trinajstić information content (AvgIpc) is 2.33. The molecule has 2 rings (SSSR count). The number of allylic oxidation sites excluding steroid dienone is 4. The summed E-state index contributed by atoms with van der Waals surface area (Å²) < 4.78 is 0. The van der Waals surface area contributed by atoms with E-state index in [9.17, 15) is 19.8 Å². The summed E-state index contributed by atoms with van der Waals surface area (Å²) >= 11 is 0. The summed E-state index contributed by atoms with van der Waals surface area (Å²) in [5.74, 6) is -0.578. The van der Waals surface area contributed by atoms with Crippen LogP contribution in [0.5, 0.6) is 0 Å². The normalized spacial score (nSPS) is 22.9. The summed E-state index contributed by atoms with van der Waals surface area (Å²) in [4.78, 5) is 23.3. The van der Waals surface area contributed by atoms with Crippen LogP contribution in [0.3, 0.4) is 0 Å². The van der Waals surface area contributed by atoms with Gasteiger partial charge in [-0.3, -0.25) is 9.59 Å². The van der Waals surface area contributed by atoms with Crippen LogP contribution in [0, 0.1) is 0 Å². The van der Waals surface area contributed by atoms with Crippen molar-refractivity contribution in [1.82, 2.24) is 0 Å². The fraction of sp³-hybridized carbons (Fsp3) is 0.455. The monoisotopic (exact) mass is 208 g/mol. The van der Waals surface area contributed by atoms with Crippen LogP contribution in [0.1, 0.15) is 32.1 Å².